The van der Waals surface area contributed by atoms with E-state index in [-0.39, 0.29) is 0 Å². The number of para-hydroxylation sites is 1. The van der Waals surface area contributed by atoms with Crippen molar-refractivity contribution < 1.29 is 0 Å². The summed E-state index contributed by atoms with van der Waals surface area (Å²) in [6.07, 6.45) is 29.9. The third-order valence-corrected chi connectivity index (χ3v) is 9.12. The zero-order valence-corrected chi connectivity index (χ0v) is 23.0. The average Bonchev–Trinajstić information content (AvgIpc) is 3.33. The fourth-order valence-corrected chi connectivity index (χ4v) is 7.24. The Kier molecular flexibility index (Phi) is 6.48. The lowest BCUT2D eigenvalue weighted by Gasteiger charge is -2.42. The molecule has 7 rings (SSSR count). The summed E-state index contributed by atoms with van der Waals surface area (Å²) in [6, 6.07) is 18.8. The van der Waals surface area contributed by atoms with Crippen LogP contribution in [0.4, 0.5) is 5.69 Å². The van der Waals surface area contributed by atoms with E-state index < -0.39 is 0 Å². The molecule has 0 radical (unpaired) electrons. The van der Waals surface area contributed by atoms with Crippen molar-refractivity contribution in [3.63, 3.8) is 0 Å². The first kappa shape index (κ1) is 24.3. The second-order valence-electron chi connectivity index (χ2n) is 11.4. The second-order valence-corrected chi connectivity index (χ2v) is 11.4. The Bertz CT molecular complexity index is 1570. The van der Waals surface area contributed by atoms with Gasteiger partial charge in [-0.3, -0.25) is 0 Å². The molecular weight excluding hydrogens is 472 g/mol. The zero-order chi connectivity index (χ0) is 26.2. The minimum absolute atomic E-state index is 0.437. The van der Waals surface area contributed by atoms with E-state index >= 15 is 0 Å². The first-order chi connectivity index (χ1) is 19.3. The molecule has 2 heteroatoms. The van der Waals surface area contributed by atoms with Crippen LogP contribution in [0.3, 0.4) is 0 Å². The van der Waals surface area contributed by atoms with Crippen molar-refractivity contribution in [2.24, 2.45) is 5.92 Å². The lowest BCUT2D eigenvalue weighted by molar-refractivity contribution is 0.475. The summed E-state index contributed by atoms with van der Waals surface area (Å²) in [5.41, 5.74) is 11.4. The SMILES string of the molecule is CC1C(c2ccc3c(c2)c2c(n3C3=CC=CCC3)C=CCC2)=CCCC1N(C1=CC=CCC1)c1ccccc1. The van der Waals surface area contributed by atoms with E-state index in [1.165, 1.54) is 56.8 Å². The summed E-state index contributed by atoms with van der Waals surface area (Å²) in [5.74, 6) is 0.437. The van der Waals surface area contributed by atoms with Crippen molar-refractivity contribution in [1.82, 2.24) is 4.57 Å². The standard InChI is InChI=1S/C37H38N2/c1-27-32(21-13-23-35(27)38(29-14-5-2-6-15-29)30-16-7-3-8-17-30)28-24-25-37-34(26-28)33-20-11-12-22-36(33)39(37)31-18-9-4-10-19-31/h2-7,9,12,14-16,18,21-22,24-27,35H,8,10-11,13,17,19-20,23H2,1H3. The first-order valence-corrected chi connectivity index (χ1v) is 14.9. The molecule has 2 nitrogen and oxygen atoms in total. The molecule has 2 aromatic carbocycles. The summed E-state index contributed by atoms with van der Waals surface area (Å²) in [6.45, 7) is 2.46. The summed E-state index contributed by atoms with van der Waals surface area (Å²) < 4.78 is 2.54. The van der Waals surface area contributed by atoms with Crippen LogP contribution in [0.5, 0.6) is 0 Å². The highest BCUT2D eigenvalue weighted by atomic mass is 15.2. The van der Waals surface area contributed by atoms with Crippen molar-refractivity contribution in [2.75, 3.05) is 4.90 Å². The van der Waals surface area contributed by atoms with Crippen LogP contribution in [0.1, 0.15) is 68.7 Å². The van der Waals surface area contributed by atoms with Gasteiger partial charge in [-0.25, -0.2) is 0 Å². The molecule has 0 bridgehead atoms. The van der Waals surface area contributed by atoms with Crippen molar-refractivity contribution >= 4 is 33.9 Å². The van der Waals surface area contributed by atoms with Gasteiger partial charge < -0.3 is 9.47 Å². The number of allylic oxidation sites excluding steroid dienone is 10. The quantitative estimate of drug-likeness (QED) is 0.332. The molecule has 39 heavy (non-hydrogen) atoms. The van der Waals surface area contributed by atoms with Crippen LogP contribution in [0.2, 0.25) is 0 Å². The van der Waals surface area contributed by atoms with Gasteiger partial charge in [-0.1, -0.05) is 67.6 Å². The Morgan fingerprint density at radius 2 is 1.64 bits per heavy atom. The monoisotopic (exact) mass is 510 g/mol. The van der Waals surface area contributed by atoms with E-state index in [0.717, 1.165) is 44.9 Å². The molecule has 0 fully saturated rings. The number of benzene rings is 2. The Morgan fingerprint density at radius 1 is 0.821 bits per heavy atom. The van der Waals surface area contributed by atoms with Gasteiger partial charge >= 0.3 is 0 Å². The van der Waals surface area contributed by atoms with Gasteiger partial charge in [0.25, 0.3) is 0 Å². The van der Waals surface area contributed by atoms with Crippen LogP contribution in [0, 0.1) is 5.92 Å². The van der Waals surface area contributed by atoms with Gasteiger partial charge in [-0.05, 0) is 111 Å². The van der Waals surface area contributed by atoms with Crippen molar-refractivity contribution in [3.05, 3.63) is 120 Å². The molecule has 4 aliphatic rings. The molecule has 196 valence electrons. The molecule has 4 aliphatic carbocycles. The van der Waals surface area contributed by atoms with Crippen LogP contribution in [0.15, 0.2) is 103 Å². The minimum Gasteiger partial charge on any atom is -0.341 e. The molecule has 2 unspecified atom stereocenters. The lowest BCUT2D eigenvalue weighted by atomic mass is 9.79. The predicted molar refractivity (Wildman–Crippen MR) is 167 cm³/mol. The van der Waals surface area contributed by atoms with E-state index in [1.54, 1.807) is 0 Å². The summed E-state index contributed by atoms with van der Waals surface area (Å²) in [5, 5.41) is 1.44. The Labute approximate surface area is 233 Å². The van der Waals surface area contributed by atoms with E-state index in [1.807, 2.05) is 0 Å². The first-order valence-electron chi connectivity index (χ1n) is 14.9. The summed E-state index contributed by atoms with van der Waals surface area (Å²) in [7, 11) is 0. The van der Waals surface area contributed by atoms with Crippen LogP contribution < -0.4 is 4.90 Å². The zero-order valence-electron chi connectivity index (χ0n) is 23.0. The maximum Gasteiger partial charge on any atom is 0.0534 e. The van der Waals surface area contributed by atoms with Crippen LogP contribution in [-0.2, 0) is 6.42 Å². The molecule has 0 amide bonds. The van der Waals surface area contributed by atoms with Gasteiger partial charge in [0, 0.05) is 40.1 Å². The van der Waals surface area contributed by atoms with E-state index in [0.29, 0.717) is 12.0 Å². The van der Waals surface area contributed by atoms with Gasteiger partial charge in [0.05, 0.1) is 5.52 Å². The minimum atomic E-state index is 0.437. The maximum absolute atomic E-state index is 2.66. The number of aromatic nitrogens is 1. The fourth-order valence-electron chi connectivity index (χ4n) is 7.24. The number of nitrogens with zero attached hydrogens (tertiary/aromatic N) is 2. The van der Waals surface area contributed by atoms with Gasteiger partial charge in [-0.2, -0.15) is 0 Å². The molecule has 0 saturated heterocycles. The third-order valence-electron chi connectivity index (χ3n) is 9.12. The molecule has 0 N–H and O–H groups in total. The highest BCUT2D eigenvalue weighted by Crippen LogP contribution is 2.42. The summed E-state index contributed by atoms with van der Waals surface area (Å²) in [4.78, 5) is 2.66. The van der Waals surface area contributed by atoms with Gasteiger partial charge in [0.2, 0.25) is 0 Å². The number of hydrogen-bond acceptors (Lipinski definition) is 1. The van der Waals surface area contributed by atoms with Crippen LogP contribution in [-0.4, -0.2) is 10.6 Å². The number of fused-ring (bicyclic) bond motifs is 3. The number of hydrogen-bond donors (Lipinski definition) is 0. The second kappa shape index (κ2) is 10.4. The lowest BCUT2D eigenvalue weighted by Crippen LogP contribution is -2.41. The fraction of sp³-hybridized carbons (Fsp3) is 0.297. The van der Waals surface area contributed by atoms with E-state index in [4.69, 9.17) is 0 Å². The normalized spacial score (nSPS) is 22.3. The third kappa shape index (κ3) is 4.36. The molecule has 1 heterocycles. The van der Waals surface area contributed by atoms with E-state index in [2.05, 4.69) is 120 Å². The largest absolute Gasteiger partial charge is 0.341 e. The number of aryl methyl sites for hydroxylation is 1. The van der Waals surface area contributed by atoms with Crippen LogP contribution >= 0.6 is 0 Å². The van der Waals surface area contributed by atoms with Gasteiger partial charge in [0.15, 0.2) is 0 Å². The molecule has 3 aromatic rings. The van der Waals surface area contributed by atoms with Gasteiger partial charge in [-0.15, -0.1) is 0 Å². The highest BCUT2D eigenvalue weighted by Gasteiger charge is 2.32. The van der Waals surface area contributed by atoms with Crippen molar-refractivity contribution in [2.45, 2.75) is 64.3 Å². The Balaban J connectivity index is 1.29. The predicted octanol–water partition coefficient (Wildman–Crippen LogP) is 9.71. The van der Waals surface area contributed by atoms with Crippen molar-refractivity contribution in [1.29, 1.82) is 0 Å². The Hall–Kier alpha value is -3.78. The number of rotatable bonds is 5. The Morgan fingerprint density at radius 3 is 2.44 bits per heavy atom. The molecule has 0 aliphatic heterocycles. The summed E-state index contributed by atoms with van der Waals surface area (Å²) >= 11 is 0. The smallest absolute Gasteiger partial charge is 0.0534 e. The van der Waals surface area contributed by atoms with Crippen molar-refractivity contribution in [3.8, 4) is 0 Å². The van der Waals surface area contributed by atoms with Gasteiger partial charge in [0.1, 0.15) is 0 Å². The molecule has 1 aromatic heterocycles. The number of anilines is 1. The average molecular weight is 511 g/mol. The molecule has 0 saturated carbocycles. The molecule has 0 spiro atoms. The van der Waals surface area contributed by atoms with Crippen LogP contribution in [0.25, 0.3) is 28.2 Å². The highest BCUT2D eigenvalue weighted by molar-refractivity contribution is 5.94. The maximum atomic E-state index is 2.66. The molecular formula is C37H38N2. The van der Waals surface area contributed by atoms with E-state index in [9.17, 15) is 0 Å². The molecule has 2 atom stereocenters. The topological polar surface area (TPSA) is 8.17 Å².